The van der Waals surface area contributed by atoms with E-state index in [1.54, 1.807) is 0 Å². The van der Waals surface area contributed by atoms with Crippen LogP contribution in [0.5, 0.6) is 0 Å². The fraction of sp³-hybridized carbons (Fsp3) is 0.0588. The van der Waals surface area contributed by atoms with Gasteiger partial charge in [-0.05, 0) is 40.5 Å². The number of fused-ring (bicyclic) bond motifs is 1. The Morgan fingerprint density at radius 3 is 2.50 bits per heavy atom. The van der Waals surface area contributed by atoms with Crippen LogP contribution in [-0.4, -0.2) is 7.85 Å². The summed E-state index contributed by atoms with van der Waals surface area (Å²) >= 11 is 0. The van der Waals surface area contributed by atoms with E-state index in [1.165, 1.54) is 16.7 Å². The fourth-order valence-electron chi connectivity index (χ4n) is 2.31. The minimum absolute atomic E-state index is 0.630. The van der Waals surface area contributed by atoms with Crippen molar-refractivity contribution in [3.05, 3.63) is 66.2 Å². The molecule has 0 saturated carbocycles. The maximum absolute atomic E-state index is 5.83. The van der Waals surface area contributed by atoms with Crippen LogP contribution in [0.1, 0.15) is 5.56 Å². The Kier molecular flexibility index (Phi) is 2.57. The Balaban J connectivity index is 2.40. The summed E-state index contributed by atoms with van der Waals surface area (Å²) in [7, 11) is 5.83. The first kappa shape index (κ1) is 10.9. The molecule has 0 fully saturated rings. The first-order valence-electron chi connectivity index (χ1n) is 5.94. The predicted octanol–water partition coefficient (Wildman–Crippen LogP) is 3.21. The third kappa shape index (κ3) is 1.77. The average Bonchev–Trinajstić information content (AvgIpc) is 2.39. The lowest BCUT2D eigenvalue weighted by Crippen LogP contribution is -1.99. The van der Waals surface area contributed by atoms with Crippen LogP contribution in [0, 0.1) is 19.1 Å². The van der Waals surface area contributed by atoms with Gasteiger partial charge in [-0.25, -0.2) is 0 Å². The molecule has 0 aromatic heterocycles. The molecule has 0 aliphatic carbocycles. The lowest BCUT2D eigenvalue weighted by Gasteiger charge is -2.10. The highest BCUT2D eigenvalue weighted by atomic mass is 14.1. The van der Waals surface area contributed by atoms with Gasteiger partial charge in [0.25, 0.3) is 0 Å². The summed E-state index contributed by atoms with van der Waals surface area (Å²) in [6.45, 7) is 2.12. The molecule has 0 aliphatic rings. The van der Waals surface area contributed by atoms with Gasteiger partial charge < -0.3 is 0 Å². The van der Waals surface area contributed by atoms with Crippen molar-refractivity contribution in [1.29, 1.82) is 0 Å². The zero-order chi connectivity index (χ0) is 12.5. The average molecular weight is 226 g/mol. The SMILES string of the molecule is [B]c1c#cc2ccc(C)c(-c3ccccc3)c2c1. The summed E-state index contributed by atoms with van der Waals surface area (Å²) < 4.78 is 0. The van der Waals surface area contributed by atoms with Crippen molar-refractivity contribution >= 4 is 24.1 Å². The quantitative estimate of drug-likeness (QED) is 0.559. The highest BCUT2D eigenvalue weighted by Crippen LogP contribution is 2.30. The minimum atomic E-state index is 0.630. The van der Waals surface area contributed by atoms with Crippen molar-refractivity contribution < 1.29 is 0 Å². The number of aryl methyl sites for hydroxylation is 1. The molecule has 0 nitrogen and oxygen atoms in total. The molecule has 82 valence electrons. The lowest BCUT2D eigenvalue weighted by molar-refractivity contribution is 1.49. The van der Waals surface area contributed by atoms with Gasteiger partial charge >= 0.3 is 0 Å². The molecule has 3 aromatic carbocycles. The summed E-state index contributed by atoms with van der Waals surface area (Å²) in [6.07, 6.45) is 0. The van der Waals surface area contributed by atoms with Crippen molar-refractivity contribution in [3.63, 3.8) is 0 Å². The topological polar surface area (TPSA) is 0 Å². The Morgan fingerprint density at radius 1 is 0.944 bits per heavy atom. The molecule has 3 rings (SSSR count). The summed E-state index contributed by atoms with van der Waals surface area (Å²) in [6, 6.07) is 22.6. The largest absolute Gasteiger partial charge is 0.126 e. The maximum Gasteiger partial charge on any atom is 0.126 e. The first-order chi connectivity index (χ1) is 8.75. The molecule has 0 N–H and O–H groups in total. The second-order valence-electron chi connectivity index (χ2n) is 4.43. The molecule has 3 aromatic rings. The van der Waals surface area contributed by atoms with Crippen molar-refractivity contribution in [2.75, 3.05) is 0 Å². The molecule has 0 saturated heterocycles. The van der Waals surface area contributed by atoms with E-state index < -0.39 is 0 Å². The van der Waals surface area contributed by atoms with Crippen LogP contribution in [0.3, 0.4) is 0 Å². The molecular formula is C17H11B. The highest BCUT2D eigenvalue weighted by molar-refractivity contribution is 6.32. The number of rotatable bonds is 1. The molecule has 0 atom stereocenters. The third-order valence-corrected chi connectivity index (χ3v) is 3.16. The molecular weight excluding hydrogens is 215 g/mol. The smallest absolute Gasteiger partial charge is 0.0775 e. The second kappa shape index (κ2) is 4.24. The van der Waals surface area contributed by atoms with Crippen molar-refractivity contribution in [3.8, 4) is 11.1 Å². The van der Waals surface area contributed by atoms with E-state index in [9.17, 15) is 0 Å². The Bertz CT molecular complexity index is 694. The molecule has 0 amide bonds. The molecule has 0 aliphatic heterocycles. The summed E-state index contributed by atoms with van der Waals surface area (Å²) in [4.78, 5) is 0. The Labute approximate surface area is 109 Å². The van der Waals surface area contributed by atoms with Gasteiger partial charge in [0.1, 0.15) is 7.85 Å². The summed E-state index contributed by atoms with van der Waals surface area (Å²) in [5, 5.41) is 2.19. The van der Waals surface area contributed by atoms with E-state index >= 15 is 0 Å². The van der Waals surface area contributed by atoms with E-state index in [0.29, 0.717) is 5.46 Å². The third-order valence-electron chi connectivity index (χ3n) is 3.16. The van der Waals surface area contributed by atoms with Crippen LogP contribution in [0.4, 0.5) is 0 Å². The van der Waals surface area contributed by atoms with E-state index in [4.69, 9.17) is 7.85 Å². The molecule has 0 heterocycles. The minimum Gasteiger partial charge on any atom is -0.0775 e. The monoisotopic (exact) mass is 226 g/mol. The van der Waals surface area contributed by atoms with Gasteiger partial charge in [-0.2, -0.15) is 0 Å². The van der Waals surface area contributed by atoms with Gasteiger partial charge in [0.15, 0.2) is 0 Å². The number of benzene rings is 2. The van der Waals surface area contributed by atoms with Crippen LogP contribution >= 0.6 is 0 Å². The van der Waals surface area contributed by atoms with Crippen LogP contribution in [-0.2, 0) is 0 Å². The van der Waals surface area contributed by atoms with Gasteiger partial charge in [0.2, 0.25) is 0 Å². The first-order valence-corrected chi connectivity index (χ1v) is 5.94. The second-order valence-corrected chi connectivity index (χ2v) is 4.43. The molecule has 0 unspecified atom stereocenters. The maximum atomic E-state index is 5.83. The van der Waals surface area contributed by atoms with Crippen LogP contribution in [0.15, 0.2) is 48.5 Å². The zero-order valence-corrected chi connectivity index (χ0v) is 10.2. The Morgan fingerprint density at radius 2 is 1.72 bits per heavy atom. The summed E-state index contributed by atoms with van der Waals surface area (Å²) in [5.41, 5.74) is 4.31. The highest BCUT2D eigenvalue weighted by Gasteiger charge is 2.06. The van der Waals surface area contributed by atoms with E-state index in [2.05, 4.69) is 55.5 Å². The lowest BCUT2D eigenvalue weighted by atomic mass is 9.90. The number of hydrogen-bond acceptors (Lipinski definition) is 0. The van der Waals surface area contributed by atoms with Crippen molar-refractivity contribution in [1.82, 2.24) is 0 Å². The van der Waals surface area contributed by atoms with E-state index in [0.717, 1.165) is 10.8 Å². The van der Waals surface area contributed by atoms with Crippen molar-refractivity contribution in [2.24, 2.45) is 0 Å². The van der Waals surface area contributed by atoms with Gasteiger partial charge in [0, 0.05) is 5.39 Å². The standard InChI is InChI=1S/C17H11B/c1-12-7-8-13-9-10-15(18)11-16(13)17(12)14-5-3-2-4-6-14/h2-8,11H,1H3. The summed E-state index contributed by atoms with van der Waals surface area (Å²) in [5.74, 6) is 0. The molecule has 1 heteroatoms. The van der Waals surface area contributed by atoms with Crippen molar-refractivity contribution in [2.45, 2.75) is 6.92 Å². The van der Waals surface area contributed by atoms with Gasteiger partial charge in [0.05, 0.1) is 0 Å². The normalized spacial score (nSPS) is 10.3. The van der Waals surface area contributed by atoms with Crippen LogP contribution < -0.4 is 5.46 Å². The molecule has 18 heavy (non-hydrogen) atoms. The van der Waals surface area contributed by atoms with Gasteiger partial charge in [-0.3, -0.25) is 0 Å². The van der Waals surface area contributed by atoms with E-state index in [-0.39, 0.29) is 0 Å². The molecule has 0 spiro atoms. The van der Waals surface area contributed by atoms with Crippen LogP contribution in [0.2, 0.25) is 0 Å². The fourth-order valence-corrected chi connectivity index (χ4v) is 2.31. The van der Waals surface area contributed by atoms with E-state index in [1.807, 2.05) is 12.1 Å². The Hall–Kier alpha value is -2.20. The molecule has 0 bridgehead atoms. The predicted molar refractivity (Wildman–Crippen MR) is 77.2 cm³/mol. The number of hydrogen-bond donors (Lipinski definition) is 0. The molecule has 2 radical (unpaired) electrons. The van der Waals surface area contributed by atoms with Gasteiger partial charge in [-0.1, -0.05) is 54.6 Å². The zero-order valence-electron chi connectivity index (χ0n) is 10.2. The van der Waals surface area contributed by atoms with Gasteiger partial charge in [-0.15, -0.1) is 0 Å². The van der Waals surface area contributed by atoms with Crippen LogP contribution in [0.25, 0.3) is 21.9 Å².